The molecule has 0 aliphatic heterocycles. The van der Waals surface area contributed by atoms with Gasteiger partial charge in [-0.1, -0.05) is 60.7 Å². The molecule has 124 valence electrons. The summed E-state index contributed by atoms with van der Waals surface area (Å²) in [6, 6.07) is 24.5. The highest BCUT2D eigenvalue weighted by molar-refractivity contribution is 5.83. The molecule has 3 aromatic carbocycles. The summed E-state index contributed by atoms with van der Waals surface area (Å²) in [7, 11) is 0. The molecule has 3 rings (SSSR count). The monoisotopic (exact) mass is 321 g/mol. The van der Waals surface area contributed by atoms with E-state index in [1.165, 1.54) is 10.9 Å². The minimum atomic E-state index is -0.553. The van der Waals surface area contributed by atoms with Crippen LogP contribution in [0.2, 0.25) is 0 Å². The number of aliphatic hydroxyl groups is 1. The topological polar surface area (TPSA) is 41.5 Å². The van der Waals surface area contributed by atoms with Crippen LogP contribution in [0.5, 0.6) is 5.75 Å². The fourth-order valence-corrected chi connectivity index (χ4v) is 2.68. The molecular formula is C21H23NO2. The summed E-state index contributed by atoms with van der Waals surface area (Å²) in [5.41, 5.74) is 1.21. The fourth-order valence-electron chi connectivity index (χ4n) is 2.68. The van der Waals surface area contributed by atoms with E-state index in [0.29, 0.717) is 6.54 Å². The first kappa shape index (κ1) is 16.5. The van der Waals surface area contributed by atoms with Crippen molar-refractivity contribution in [2.24, 2.45) is 0 Å². The quantitative estimate of drug-likeness (QED) is 0.693. The summed E-state index contributed by atoms with van der Waals surface area (Å²) in [6.07, 6.45) is -0.553. The predicted octanol–water partition coefficient (Wildman–Crippen LogP) is 3.93. The zero-order chi connectivity index (χ0) is 16.8. The van der Waals surface area contributed by atoms with E-state index in [9.17, 15) is 5.11 Å². The average molecular weight is 321 g/mol. The molecule has 0 amide bonds. The van der Waals surface area contributed by atoms with Gasteiger partial charge in [-0.15, -0.1) is 0 Å². The zero-order valence-electron chi connectivity index (χ0n) is 13.9. The second kappa shape index (κ2) is 7.95. The summed E-state index contributed by atoms with van der Waals surface area (Å²) >= 11 is 0. The largest absolute Gasteiger partial charge is 0.491 e. The molecule has 0 aromatic heterocycles. The Morgan fingerprint density at radius 3 is 2.42 bits per heavy atom. The highest BCUT2D eigenvalue weighted by atomic mass is 16.5. The van der Waals surface area contributed by atoms with Crippen LogP contribution in [0.25, 0.3) is 10.8 Å². The van der Waals surface area contributed by atoms with Crippen molar-refractivity contribution in [3.8, 4) is 5.75 Å². The molecule has 0 aliphatic rings. The summed E-state index contributed by atoms with van der Waals surface area (Å²) in [6.45, 7) is 2.85. The Kier molecular flexibility index (Phi) is 5.47. The van der Waals surface area contributed by atoms with E-state index < -0.39 is 6.10 Å². The van der Waals surface area contributed by atoms with Crippen molar-refractivity contribution < 1.29 is 9.84 Å². The number of fused-ring (bicyclic) bond motifs is 1. The van der Waals surface area contributed by atoms with Gasteiger partial charge in [0.1, 0.15) is 18.5 Å². The number of nitrogens with one attached hydrogen (secondary N) is 1. The van der Waals surface area contributed by atoms with E-state index in [-0.39, 0.29) is 12.6 Å². The summed E-state index contributed by atoms with van der Waals surface area (Å²) in [4.78, 5) is 0. The van der Waals surface area contributed by atoms with E-state index in [2.05, 4.69) is 36.5 Å². The second-order valence-electron chi connectivity index (χ2n) is 6.01. The summed E-state index contributed by atoms with van der Waals surface area (Å²) in [5, 5.41) is 15.8. The van der Waals surface area contributed by atoms with Gasteiger partial charge in [0.2, 0.25) is 0 Å². The van der Waals surface area contributed by atoms with E-state index in [4.69, 9.17) is 4.74 Å². The number of rotatable bonds is 7. The molecule has 0 spiro atoms. The van der Waals surface area contributed by atoms with Gasteiger partial charge in [0, 0.05) is 12.6 Å². The first-order chi connectivity index (χ1) is 11.7. The third-order valence-electron chi connectivity index (χ3n) is 4.12. The lowest BCUT2D eigenvalue weighted by Gasteiger charge is -2.18. The standard InChI is InChI=1S/C21H23NO2/c1-16(17-7-3-2-4-8-17)22-14-20(23)15-24-21-12-11-18-9-5-6-10-19(18)13-21/h2-13,16,20,22-23H,14-15H2,1H3/t16-,20+/m1/s1. The third-order valence-corrected chi connectivity index (χ3v) is 4.12. The van der Waals surface area contributed by atoms with Crippen LogP contribution in [-0.4, -0.2) is 24.4 Å². The van der Waals surface area contributed by atoms with Crippen LogP contribution in [0.1, 0.15) is 18.5 Å². The molecule has 3 nitrogen and oxygen atoms in total. The smallest absolute Gasteiger partial charge is 0.120 e. The molecule has 0 unspecified atom stereocenters. The predicted molar refractivity (Wildman–Crippen MR) is 98.3 cm³/mol. The van der Waals surface area contributed by atoms with Crippen molar-refractivity contribution in [2.45, 2.75) is 19.1 Å². The Morgan fingerprint density at radius 1 is 0.917 bits per heavy atom. The SMILES string of the molecule is C[C@@H](NC[C@H](O)COc1ccc2ccccc2c1)c1ccccc1. The fraction of sp³-hybridized carbons (Fsp3) is 0.238. The lowest BCUT2D eigenvalue weighted by atomic mass is 10.1. The minimum absolute atomic E-state index is 0.196. The van der Waals surface area contributed by atoms with E-state index in [1.807, 2.05) is 48.5 Å². The van der Waals surface area contributed by atoms with Crippen LogP contribution >= 0.6 is 0 Å². The van der Waals surface area contributed by atoms with E-state index in [1.54, 1.807) is 0 Å². The lowest BCUT2D eigenvalue weighted by Crippen LogP contribution is -2.33. The lowest BCUT2D eigenvalue weighted by molar-refractivity contribution is 0.104. The summed E-state index contributed by atoms with van der Waals surface area (Å²) in [5.74, 6) is 0.781. The molecule has 3 heteroatoms. The molecule has 24 heavy (non-hydrogen) atoms. The molecular weight excluding hydrogens is 298 g/mol. The molecule has 2 atom stereocenters. The van der Waals surface area contributed by atoms with Crippen LogP contribution in [-0.2, 0) is 0 Å². The maximum absolute atomic E-state index is 10.1. The van der Waals surface area contributed by atoms with Gasteiger partial charge in [0.05, 0.1) is 0 Å². The Bertz CT molecular complexity index is 773. The van der Waals surface area contributed by atoms with Gasteiger partial charge in [-0.05, 0) is 35.4 Å². The van der Waals surface area contributed by atoms with Gasteiger partial charge in [0.15, 0.2) is 0 Å². The number of aliphatic hydroxyl groups excluding tert-OH is 1. The minimum Gasteiger partial charge on any atom is -0.491 e. The van der Waals surface area contributed by atoms with Gasteiger partial charge in [-0.2, -0.15) is 0 Å². The highest BCUT2D eigenvalue weighted by Gasteiger charge is 2.09. The van der Waals surface area contributed by atoms with Crippen molar-refractivity contribution in [1.82, 2.24) is 5.32 Å². The molecule has 0 radical (unpaired) electrons. The Labute approximate surface area is 142 Å². The molecule has 2 N–H and O–H groups in total. The van der Waals surface area contributed by atoms with Crippen LogP contribution in [0.4, 0.5) is 0 Å². The average Bonchev–Trinajstić information content (AvgIpc) is 2.65. The zero-order valence-corrected chi connectivity index (χ0v) is 13.9. The van der Waals surface area contributed by atoms with Gasteiger partial charge in [0.25, 0.3) is 0 Å². The van der Waals surface area contributed by atoms with Crippen molar-refractivity contribution in [2.75, 3.05) is 13.2 Å². The van der Waals surface area contributed by atoms with Crippen LogP contribution in [0.3, 0.4) is 0 Å². The molecule has 0 saturated heterocycles. The molecule has 3 aromatic rings. The second-order valence-corrected chi connectivity index (χ2v) is 6.01. The van der Waals surface area contributed by atoms with Crippen LogP contribution in [0, 0.1) is 0 Å². The molecule has 0 bridgehead atoms. The molecule has 0 heterocycles. The maximum atomic E-state index is 10.1. The highest BCUT2D eigenvalue weighted by Crippen LogP contribution is 2.20. The van der Waals surface area contributed by atoms with Gasteiger partial charge < -0.3 is 15.2 Å². The van der Waals surface area contributed by atoms with Gasteiger partial charge in [-0.3, -0.25) is 0 Å². The molecule has 0 saturated carbocycles. The Balaban J connectivity index is 1.48. The Hall–Kier alpha value is -2.36. The van der Waals surface area contributed by atoms with Crippen molar-refractivity contribution in [3.63, 3.8) is 0 Å². The van der Waals surface area contributed by atoms with Crippen molar-refractivity contribution >= 4 is 10.8 Å². The third kappa shape index (κ3) is 4.34. The Morgan fingerprint density at radius 2 is 1.62 bits per heavy atom. The van der Waals surface area contributed by atoms with E-state index in [0.717, 1.165) is 11.1 Å². The number of hydrogen-bond acceptors (Lipinski definition) is 3. The van der Waals surface area contributed by atoms with Gasteiger partial charge in [-0.25, -0.2) is 0 Å². The van der Waals surface area contributed by atoms with Crippen LogP contribution in [0.15, 0.2) is 72.8 Å². The van der Waals surface area contributed by atoms with Crippen molar-refractivity contribution in [1.29, 1.82) is 0 Å². The number of ether oxygens (including phenoxy) is 1. The first-order valence-electron chi connectivity index (χ1n) is 8.30. The van der Waals surface area contributed by atoms with Crippen LogP contribution < -0.4 is 10.1 Å². The molecule has 0 fully saturated rings. The molecule has 0 aliphatic carbocycles. The first-order valence-corrected chi connectivity index (χ1v) is 8.30. The van der Waals surface area contributed by atoms with E-state index >= 15 is 0 Å². The summed E-state index contributed by atoms with van der Waals surface area (Å²) < 4.78 is 5.72. The number of hydrogen-bond donors (Lipinski definition) is 2. The number of benzene rings is 3. The normalized spacial score (nSPS) is 13.6. The maximum Gasteiger partial charge on any atom is 0.120 e. The van der Waals surface area contributed by atoms with Crippen molar-refractivity contribution in [3.05, 3.63) is 78.4 Å². The van der Waals surface area contributed by atoms with Gasteiger partial charge >= 0.3 is 0 Å².